The third-order valence-corrected chi connectivity index (χ3v) is 4.93. The van der Waals surface area contributed by atoms with Crippen molar-refractivity contribution >= 4 is 0 Å². The minimum atomic E-state index is -0.0442. The Kier molecular flexibility index (Phi) is 4.87. The van der Waals surface area contributed by atoms with E-state index >= 15 is 0 Å². The molecule has 0 spiro atoms. The lowest BCUT2D eigenvalue weighted by molar-refractivity contribution is 0.0243. The molecule has 2 aliphatic carbocycles. The van der Waals surface area contributed by atoms with Crippen molar-refractivity contribution in [3.05, 3.63) is 0 Å². The summed E-state index contributed by atoms with van der Waals surface area (Å²) in [5.41, 5.74) is 0. The summed E-state index contributed by atoms with van der Waals surface area (Å²) in [5.74, 6) is 1.33. The molecule has 2 rings (SSSR count). The molecule has 0 heterocycles. The Bertz CT molecular complexity index is 225. The first-order valence-electron chi connectivity index (χ1n) is 7.55. The first kappa shape index (κ1) is 13.4. The number of hydrogen-bond acceptors (Lipinski definition) is 2. The second-order valence-electron chi connectivity index (χ2n) is 6.48. The van der Waals surface area contributed by atoms with E-state index in [4.69, 9.17) is 0 Å². The SMILES string of the molecule is CC1CCC(O)C(CN(C)C2CCCCC2)C1. The van der Waals surface area contributed by atoms with Crippen LogP contribution in [0.3, 0.4) is 0 Å². The zero-order valence-electron chi connectivity index (χ0n) is 11.6. The summed E-state index contributed by atoms with van der Waals surface area (Å²) in [5, 5.41) is 10.1. The standard InChI is InChI=1S/C15H29NO/c1-12-8-9-15(17)13(10-12)11-16(2)14-6-4-3-5-7-14/h12-15,17H,3-11H2,1-2H3. The second kappa shape index (κ2) is 6.19. The van der Waals surface area contributed by atoms with Crippen molar-refractivity contribution in [3.8, 4) is 0 Å². The minimum Gasteiger partial charge on any atom is -0.393 e. The maximum atomic E-state index is 10.1. The van der Waals surface area contributed by atoms with E-state index in [2.05, 4.69) is 18.9 Å². The molecule has 0 bridgehead atoms. The highest BCUT2D eigenvalue weighted by Crippen LogP contribution is 2.31. The summed E-state index contributed by atoms with van der Waals surface area (Å²) in [7, 11) is 2.27. The van der Waals surface area contributed by atoms with Crippen molar-refractivity contribution in [1.82, 2.24) is 4.90 Å². The van der Waals surface area contributed by atoms with Crippen molar-refractivity contribution in [3.63, 3.8) is 0 Å². The monoisotopic (exact) mass is 239 g/mol. The Morgan fingerprint density at radius 2 is 1.76 bits per heavy atom. The molecule has 2 aliphatic rings. The molecule has 1 N–H and O–H groups in total. The lowest BCUT2D eigenvalue weighted by Gasteiger charge is -2.38. The Hall–Kier alpha value is -0.0800. The first-order chi connectivity index (χ1) is 8.16. The van der Waals surface area contributed by atoms with Crippen LogP contribution in [0.2, 0.25) is 0 Å². The fourth-order valence-corrected chi connectivity index (χ4v) is 3.72. The molecule has 3 atom stereocenters. The Labute approximate surface area is 106 Å². The quantitative estimate of drug-likeness (QED) is 0.818. The molecule has 100 valence electrons. The molecule has 3 unspecified atom stereocenters. The molecule has 17 heavy (non-hydrogen) atoms. The van der Waals surface area contributed by atoms with E-state index in [0.29, 0.717) is 5.92 Å². The average molecular weight is 239 g/mol. The van der Waals surface area contributed by atoms with Gasteiger partial charge in [-0.3, -0.25) is 0 Å². The number of aliphatic hydroxyl groups excluding tert-OH is 1. The smallest absolute Gasteiger partial charge is 0.0580 e. The van der Waals surface area contributed by atoms with E-state index < -0.39 is 0 Å². The van der Waals surface area contributed by atoms with Gasteiger partial charge >= 0.3 is 0 Å². The van der Waals surface area contributed by atoms with E-state index in [1.807, 2.05) is 0 Å². The molecule has 0 aromatic rings. The zero-order valence-corrected chi connectivity index (χ0v) is 11.6. The molecule has 0 saturated heterocycles. The van der Waals surface area contributed by atoms with E-state index in [9.17, 15) is 5.11 Å². The fourth-order valence-electron chi connectivity index (χ4n) is 3.72. The number of rotatable bonds is 3. The summed E-state index contributed by atoms with van der Waals surface area (Å²) in [4.78, 5) is 2.53. The van der Waals surface area contributed by atoms with Crippen molar-refractivity contribution in [2.75, 3.05) is 13.6 Å². The average Bonchev–Trinajstić information content (AvgIpc) is 2.35. The maximum absolute atomic E-state index is 10.1. The highest BCUT2D eigenvalue weighted by molar-refractivity contribution is 4.82. The molecule has 0 amide bonds. The highest BCUT2D eigenvalue weighted by atomic mass is 16.3. The van der Waals surface area contributed by atoms with E-state index in [1.54, 1.807) is 0 Å². The predicted molar refractivity (Wildman–Crippen MR) is 72.0 cm³/mol. The maximum Gasteiger partial charge on any atom is 0.0580 e. The predicted octanol–water partition coefficient (Wildman–Crippen LogP) is 3.05. The van der Waals surface area contributed by atoms with Crippen LogP contribution in [0.25, 0.3) is 0 Å². The van der Waals surface area contributed by atoms with Gasteiger partial charge in [-0.25, -0.2) is 0 Å². The molecule has 2 heteroatoms. The van der Waals surface area contributed by atoms with Gasteiger partial charge < -0.3 is 10.0 Å². The van der Waals surface area contributed by atoms with Crippen molar-refractivity contribution in [2.45, 2.75) is 70.4 Å². The van der Waals surface area contributed by atoms with Gasteiger partial charge in [0.25, 0.3) is 0 Å². The number of hydrogen-bond donors (Lipinski definition) is 1. The van der Waals surface area contributed by atoms with Gasteiger partial charge in [0, 0.05) is 12.6 Å². The highest BCUT2D eigenvalue weighted by Gasteiger charge is 2.29. The normalized spacial score (nSPS) is 36.4. The molecule has 0 aromatic carbocycles. The van der Waals surface area contributed by atoms with Crippen LogP contribution in [0.4, 0.5) is 0 Å². The summed E-state index contributed by atoms with van der Waals surface area (Å²) in [6, 6.07) is 0.785. The largest absolute Gasteiger partial charge is 0.393 e. The van der Waals surface area contributed by atoms with Crippen LogP contribution < -0.4 is 0 Å². The Morgan fingerprint density at radius 1 is 1.06 bits per heavy atom. The van der Waals surface area contributed by atoms with E-state index in [-0.39, 0.29) is 6.10 Å². The van der Waals surface area contributed by atoms with Crippen LogP contribution in [0.1, 0.15) is 58.3 Å². The van der Waals surface area contributed by atoms with Crippen molar-refractivity contribution in [2.24, 2.45) is 11.8 Å². The Morgan fingerprint density at radius 3 is 2.47 bits per heavy atom. The lowest BCUT2D eigenvalue weighted by Crippen LogP contribution is -2.42. The van der Waals surface area contributed by atoms with Crippen LogP contribution in [0.15, 0.2) is 0 Å². The summed E-state index contributed by atoms with van der Waals surface area (Å²) >= 11 is 0. The van der Waals surface area contributed by atoms with Gasteiger partial charge in [-0.05, 0) is 51.0 Å². The van der Waals surface area contributed by atoms with Crippen LogP contribution in [0.5, 0.6) is 0 Å². The molecule has 2 saturated carbocycles. The number of aliphatic hydroxyl groups is 1. The van der Waals surface area contributed by atoms with Crippen LogP contribution in [0, 0.1) is 11.8 Å². The van der Waals surface area contributed by atoms with Crippen molar-refractivity contribution in [1.29, 1.82) is 0 Å². The van der Waals surface area contributed by atoms with Crippen LogP contribution >= 0.6 is 0 Å². The Balaban J connectivity index is 1.81. The lowest BCUT2D eigenvalue weighted by atomic mass is 9.79. The van der Waals surface area contributed by atoms with Gasteiger partial charge in [0.1, 0.15) is 0 Å². The van der Waals surface area contributed by atoms with Gasteiger partial charge in [-0.15, -0.1) is 0 Å². The molecule has 0 aromatic heterocycles. The van der Waals surface area contributed by atoms with Gasteiger partial charge in [0.15, 0.2) is 0 Å². The summed E-state index contributed by atoms with van der Waals surface area (Å²) in [6.07, 6.45) is 10.4. The molecule has 0 radical (unpaired) electrons. The zero-order chi connectivity index (χ0) is 12.3. The number of nitrogens with zero attached hydrogens (tertiary/aromatic N) is 1. The summed E-state index contributed by atoms with van der Waals surface area (Å²) < 4.78 is 0. The second-order valence-corrected chi connectivity index (χ2v) is 6.48. The van der Waals surface area contributed by atoms with Gasteiger partial charge in [0.05, 0.1) is 6.10 Å². The summed E-state index contributed by atoms with van der Waals surface area (Å²) in [6.45, 7) is 3.44. The third kappa shape index (κ3) is 3.69. The van der Waals surface area contributed by atoms with E-state index in [0.717, 1.165) is 24.9 Å². The minimum absolute atomic E-state index is 0.0442. The molecular weight excluding hydrogens is 210 g/mol. The van der Waals surface area contributed by atoms with Crippen LogP contribution in [-0.4, -0.2) is 35.7 Å². The first-order valence-corrected chi connectivity index (χ1v) is 7.55. The van der Waals surface area contributed by atoms with Gasteiger partial charge in [-0.2, -0.15) is 0 Å². The molecule has 0 aliphatic heterocycles. The molecular formula is C15H29NO. The van der Waals surface area contributed by atoms with Crippen molar-refractivity contribution < 1.29 is 5.11 Å². The third-order valence-electron chi connectivity index (χ3n) is 4.93. The molecule has 2 fully saturated rings. The van der Waals surface area contributed by atoms with Gasteiger partial charge in [0.2, 0.25) is 0 Å². The van der Waals surface area contributed by atoms with E-state index in [1.165, 1.54) is 44.9 Å². The molecule has 2 nitrogen and oxygen atoms in total. The fraction of sp³-hybridized carbons (Fsp3) is 1.00. The van der Waals surface area contributed by atoms with Gasteiger partial charge in [-0.1, -0.05) is 26.2 Å². The topological polar surface area (TPSA) is 23.5 Å². The van der Waals surface area contributed by atoms with Crippen LogP contribution in [-0.2, 0) is 0 Å².